The highest BCUT2D eigenvalue weighted by molar-refractivity contribution is 7.89. The summed E-state index contributed by atoms with van der Waals surface area (Å²) in [7, 11) is -3.91. The van der Waals surface area contributed by atoms with Crippen LogP contribution in [0, 0.1) is 5.92 Å². The molecule has 1 aromatic rings. The number of hydrogen-bond donors (Lipinski definition) is 2. The normalized spacial score (nSPS) is 12.5. The fraction of sp³-hybridized carbons (Fsp3) is 0.333. The number of rotatable bonds is 8. The van der Waals surface area contributed by atoms with Crippen molar-refractivity contribution in [3.8, 4) is 5.75 Å². The molecule has 0 radical (unpaired) electrons. The van der Waals surface area contributed by atoms with Gasteiger partial charge in [-0.2, -0.15) is 4.72 Å². The standard InChI is InChI=1S/C15H19NO5S/c1-4-5-10-21-12-6-8-13(9-7-12)22(19,20)16-14(11(2)3)15(17)18/h5-9,11,14,16H,1,10H2,2-3H3,(H,17,18). The lowest BCUT2D eigenvalue weighted by molar-refractivity contribution is -0.140. The maximum atomic E-state index is 12.2. The smallest absolute Gasteiger partial charge is 0.322 e. The van der Waals surface area contributed by atoms with Gasteiger partial charge in [-0.15, -0.1) is 5.73 Å². The molecule has 0 aliphatic rings. The Hall–Kier alpha value is -2.08. The fourth-order valence-electron chi connectivity index (χ4n) is 1.62. The van der Waals surface area contributed by atoms with E-state index in [0.717, 1.165) is 0 Å². The minimum atomic E-state index is -3.91. The minimum absolute atomic E-state index is 0.0222. The van der Waals surface area contributed by atoms with Crippen LogP contribution >= 0.6 is 0 Å². The monoisotopic (exact) mass is 325 g/mol. The highest BCUT2D eigenvalue weighted by Gasteiger charge is 2.27. The minimum Gasteiger partial charge on any atom is -0.489 e. The third-order valence-corrected chi connectivity index (χ3v) is 4.28. The molecule has 0 saturated carbocycles. The van der Waals surface area contributed by atoms with Crippen molar-refractivity contribution in [1.29, 1.82) is 0 Å². The second-order valence-electron chi connectivity index (χ2n) is 4.87. The predicted octanol–water partition coefficient (Wildman–Crippen LogP) is 1.79. The second kappa shape index (κ2) is 7.79. The number of sulfonamides is 1. The predicted molar refractivity (Wildman–Crippen MR) is 82.2 cm³/mol. The molecule has 0 fully saturated rings. The van der Waals surface area contributed by atoms with Gasteiger partial charge in [0.05, 0.1) is 4.90 Å². The zero-order valence-electron chi connectivity index (χ0n) is 12.4. The molecule has 0 spiro atoms. The van der Waals surface area contributed by atoms with Crippen molar-refractivity contribution in [2.75, 3.05) is 6.61 Å². The number of nitrogens with one attached hydrogen (secondary N) is 1. The van der Waals surface area contributed by atoms with Crippen LogP contribution in [0.4, 0.5) is 0 Å². The summed E-state index contributed by atoms with van der Waals surface area (Å²) in [5.74, 6) is -1.10. The molecular formula is C15H19NO5S. The Morgan fingerprint density at radius 2 is 2.00 bits per heavy atom. The lowest BCUT2D eigenvalue weighted by Crippen LogP contribution is -2.44. The van der Waals surface area contributed by atoms with Crippen molar-refractivity contribution in [1.82, 2.24) is 4.72 Å². The van der Waals surface area contributed by atoms with Gasteiger partial charge in [0, 0.05) is 0 Å². The summed E-state index contributed by atoms with van der Waals surface area (Å²) in [6.45, 7) is 6.94. The number of hydrogen-bond acceptors (Lipinski definition) is 4. The number of carbonyl (C=O) groups is 1. The van der Waals surface area contributed by atoms with E-state index < -0.39 is 22.0 Å². The average molecular weight is 325 g/mol. The van der Waals surface area contributed by atoms with E-state index in [2.05, 4.69) is 17.0 Å². The van der Waals surface area contributed by atoms with Gasteiger partial charge in [-0.3, -0.25) is 4.79 Å². The number of ether oxygens (including phenoxy) is 1. The first kappa shape index (κ1) is 18.0. The third-order valence-electron chi connectivity index (χ3n) is 2.83. The van der Waals surface area contributed by atoms with Crippen molar-refractivity contribution < 1.29 is 23.1 Å². The van der Waals surface area contributed by atoms with E-state index in [0.29, 0.717) is 5.75 Å². The molecule has 6 nitrogen and oxygen atoms in total. The number of benzene rings is 1. The maximum Gasteiger partial charge on any atom is 0.322 e. The van der Waals surface area contributed by atoms with Crippen LogP contribution in [-0.4, -0.2) is 32.1 Å². The van der Waals surface area contributed by atoms with Gasteiger partial charge < -0.3 is 9.84 Å². The quantitative estimate of drug-likeness (QED) is 0.711. The van der Waals surface area contributed by atoms with Gasteiger partial charge in [0.2, 0.25) is 10.0 Å². The van der Waals surface area contributed by atoms with Crippen molar-refractivity contribution in [3.63, 3.8) is 0 Å². The van der Waals surface area contributed by atoms with Crippen molar-refractivity contribution in [2.24, 2.45) is 5.92 Å². The fourth-order valence-corrected chi connectivity index (χ4v) is 2.96. The zero-order valence-corrected chi connectivity index (χ0v) is 13.3. The molecule has 120 valence electrons. The summed E-state index contributed by atoms with van der Waals surface area (Å²) < 4.78 is 31.9. The largest absolute Gasteiger partial charge is 0.489 e. The van der Waals surface area contributed by atoms with Crippen LogP contribution in [-0.2, 0) is 14.8 Å². The van der Waals surface area contributed by atoms with Gasteiger partial charge in [-0.1, -0.05) is 20.4 Å². The Morgan fingerprint density at radius 3 is 2.45 bits per heavy atom. The van der Waals surface area contributed by atoms with Crippen LogP contribution in [0.15, 0.2) is 47.5 Å². The molecular weight excluding hydrogens is 306 g/mol. The molecule has 1 aromatic carbocycles. The first-order valence-electron chi connectivity index (χ1n) is 6.60. The lowest BCUT2D eigenvalue weighted by atomic mass is 10.1. The molecule has 0 amide bonds. The van der Waals surface area contributed by atoms with E-state index in [1.165, 1.54) is 24.3 Å². The summed E-state index contributed by atoms with van der Waals surface area (Å²) in [4.78, 5) is 11.1. The number of aliphatic carboxylic acids is 1. The molecule has 1 atom stereocenters. The number of carboxylic acids is 1. The van der Waals surface area contributed by atoms with Gasteiger partial charge in [0.25, 0.3) is 0 Å². The first-order chi connectivity index (χ1) is 10.3. The summed E-state index contributed by atoms with van der Waals surface area (Å²) in [6.07, 6.45) is 1.59. The van der Waals surface area contributed by atoms with Crippen LogP contribution in [0.5, 0.6) is 5.75 Å². The first-order valence-corrected chi connectivity index (χ1v) is 8.08. The summed E-state index contributed by atoms with van der Waals surface area (Å²) in [5, 5.41) is 9.06. The lowest BCUT2D eigenvalue weighted by Gasteiger charge is -2.18. The Labute approximate surface area is 130 Å². The van der Waals surface area contributed by atoms with E-state index in [1.807, 2.05) is 0 Å². The zero-order chi connectivity index (χ0) is 16.8. The van der Waals surface area contributed by atoms with E-state index in [9.17, 15) is 13.2 Å². The molecule has 1 unspecified atom stereocenters. The Morgan fingerprint density at radius 1 is 1.41 bits per heavy atom. The van der Waals surface area contributed by atoms with Crippen LogP contribution in [0.1, 0.15) is 13.8 Å². The van der Waals surface area contributed by atoms with Crippen LogP contribution in [0.25, 0.3) is 0 Å². The van der Waals surface area contributed by atoms with Gasteiger partial charge in [0.1, 0.15) is 18.4 Å². The molecule has 0 saturated heterocycles. The van der Waals surface area contributed by atoms with Crippen LogP contribution < -0.4 is 9.46 Å². The molecule has 0 heterocycles. The van der Waals surface area contributed by atoms with Crippen molar-refractivity contribution in [3.05, 3.63) is 42.7 Å². The molecule has 0 aliphatic carbocycles. The van der Waals surface area contributed by atoms with E-state index in [-0.39, 0.29) is 17.4 Å². The average Bonchev–Trinajstić information content (AvgIpc) is 2.45. The third kappa shape index (κ3) is 5.04. The molecule has 0 aromatic heterocycles. The van der Waals surface area contributed by atoms with Crippen molar-refractivity contribution >= 4 is 16.0 Å². The SMILES string of the molecule is C=C=CCOc1ccc(S(=O)(=O)NC(C(=O)O)C(C)C)cc1. The van der Waals surface area contributed by atoms with Gasteiger partial charge in [-0.05, 0) is 36.3 Å². The van der Waals surface area contributed by atoms with E-state index >= 15 is 0 Å². The molecule has 1 rings (SSSR count). The summed E-state index contributed by atoms with van der Waals surface area (Å²) in [6, 6.07) is 4.52. The highest BCUT2D eigenvalue weighted by Crippen LogP contribution is 2.17. The maximum absolute atomic E-state index is 12.2. The highest BCUT2D eigenvalue weighted by atomic mass is 32.2. The Kier molecular flexibility index (Phi) is 6.37. The van der Waals surface area contributed by atoms with Crippen molar-refractivity contribution in [2.45, 2.75) is 24.8 Å². The van der Waals surface area contributed by atoms with E-state index in [1.54, 1.807) is 19.9 Å². The number of carboxylic acid groups (broad SMARTS) is 1. The van der Waals surface area contributed by atoms with Crippen LogP contribution in [0.2, 0.25) is 0 Å². The molecule has 22 heavy (non-hydrogen) atoms. The Balaban J connectivity index is 2.89. The second-order valence-corrected chi connectivity index (χ2v) is 6.59. The molecule has 2 N–H and O–H groups in total. The topological polar surface area (TPSA) is 92.7 Å². The molecule has 0 bridgehead atoms. The van der Waals surface area contributed by atoms with Gasteiger partial charge in [0.15, 0.2) is 0 Å². The summed E-state index contributed by atoms with van der Waals surface area (Å²) >= 11 is 0. The molecule has 0 aliphatic heterocycles. The van der Waals surface area contributed by atoms with Gasteiger partial charge in [-0.25, -0.2) is 8.42 Å². The Bertz CT molecular complexity index is 658. The molecule has 7 heteroatoms. The van der Waals surface area contributed by atoms with E-state index in [4.69, 9.17) is 9.84 Å². The summed E-state index contributed by atoms with van der Waals surface area (Å²) in [5.41, 5.74) is 2.55. The van der Waals surface area contributed by atoms with Crippen LogP contribution in [0.3, 0.4) is 0 Å². The van der Waals surface area contributed by atoms with Gasteiger partial charge >= 0.3 is 5.97 Å².